The van der Waals surface area contributed by atoms with Crippen LogP contribution in [-0.4, -0.2) is 46.6 Å². The number of hydrogen-bond donors (Lipinski definition) is 5. The predicted molar refractivity (Wildman–Crippen MR) is 128 cm³/mol. The average Bonchev–Trinajstić information content (AvgIpc) is 3.19. The maximum absolute atomic E-state index is 13.3. The van der Waals surface area contributed by atoms with Gasteiger partial charge in [-0.3, -0.25) is 9.59 Å². The van der Waals surface area contributed by atoms with Crippen LogP contribution in [-0.2, 0) is 16.0 Å². The Morgan fingerprint density at radius 3 is 2.52 bits per heavy atom. The van der Waals surface area contributed by atoms with Crippen molar-refractivity contribution in [3.8, 4) is 0 Å². The Bertz CT molecular complexity index is 949. The summed E-state index contributed by atoms with van der Waals surface area (Å²) < 4.78 is 0. The molecule has 1 saturated carbocycles. The lowest BCUT2D eigenvalue weighted by Crippen LogP contribution is -2.53. The summed E-state index contributed by atoms with van der Waals surface area (Å²) in [6.45, 7) is 3.99. The van der Waals surface area contributed by atoms with Crippen LogP contribution in [0.2, 0.25) is 0 Å². The second-order valence-corrected chi connectivity index (χ2v) is 9.48. The zero-order valence-electron chi connectivity index (χ0n) is 19.5. The Morgan fingerprint density at radius 1 is 1.09 bits per heavy atom. The molecule has 1 aliphatic carbocycles. The molecular weight excluding hydrogens is 420 g/mol. The minimum atomic E-state index is -1.16. The molecule has 0 saturated heterocycles. The number of carboxylic acid groups (broad SMARTS) is 1. The first-order valence-electron chi connectivity index (χ1n) is 12.0. The average molecular weight is 457 g/mol. The summed E-state index contributed by atoms with van der Waals surface area (Å²) in [7, 11) is 0. The number of aromatic amines is 1. The van der Waals surface area contributed by atoms with Gasteiger partial charge in [0, 0.05) is 36.1 Å². The third kappa shape index (κ3) is 7.23. The maximum Gasteiger partial charge on any atom is 0.404 e. The molecule has 0 bridgehead atoms. The number of H-pyrrole nitrogens is 1. The van der Waals surface area contributed by atoms with Crippen LogP contribution >= 0.6 is 0 Å². The van der Waals surface area contributed by atoms with Gasteiger partial charge in [0.15, 0.2) is 0 Å². The van der Waals surface area contributed by atoms with Gasteiger partial charge in [0.2, 0.25) is 11.8 Å². The molecule has 8 heteroatoms. The molecule has 0 aliphatic heterocycles. The first-order valence-corrected chi connectivity index (χ1v) is 12.0. The lowest BCUT2D eigenvalue weighted by Gasteiger charge is -2.27. The van der Waals surface area contributed by atoms with Crippen LogP contribution in [0.15, 0.2) is 30.5 Å². The fraction of sp³-hybridized carbons (Fsp3) is 0.560. The highest BCUT2D eigenvalue weighted by atomic mass is 16.4. The van der Waals surface area contributed by atoms with Gasteiger partial charge in [-0.15, -0.1) is 0 Å². The molecule has 1 fully saturated rings. The summed E-state index contributed by atoms with van der Waals surface area (Å²) in [5.41, 5.74) is 1.94. The molecule has 1 aromatic heterocycles. The normalized spacial score (nSPS) is 16.3. The molecular formula is C25H36N4O4. The van der Waals surface area contributed by atoms with Gasteiger partial charge < -0.3 is 26.0 Å². The number of carbonyl (C=O) groups excluding carboxylic acids is 2. The Labute approximate surface area is 194 Å². The van der Waals surface area contributed by atoms with E-state index in [-0.39, 0.29) is 30.3 Å². The highest BCUT2D eigenvalue weighted by Gasteiger charge is 2.29. The van der Waals surface area contributed by atoms with Gasteiger partial charge in [0.25, 0.3) is 0 Å². The number of fused-ring (bicyclic) bond motifs is 1. The van der Waals surface area contributed by atoms with E-state index in [9.17, 15) is 14.4 Å². The van der Waals surface area contributed by atoms with E-state index in [1.807, 2.05) is 44.3 Å². The molecule has 5 N–H and O–H groups in total. The summed E-state index contributed by atoms with van der Waals surface area (Å²) in [6, 6.07) is 7.27. The van der Waals surface area contributed by atoms with E-state index in [0.717, 1.165) is 42.1 Å². The lowest BCUT2D eigenvalue weighted by atomic mass is 9.94. The molecule has 0 radical (unpaired) electrons. The summed E-state index contributed by atoms with van der Waals surface area (Å²) in [5.74, 6) is -0.829. The lowest BCUT2D eigenvalue weighted by molar-refractivity contribution is -0.131. The molecule has 2 atom stereocenters. The number of aromatic nitrogens is 1. The molecule has 1 aromatic carbocycles. The number of benzene rings is 1. The number of rotatable bonds is 10. The predicted octanol–water partition coefficient (Wildman–Crippen LogP) is 3.57. The van der Waals surface area contributed by atoms with Crippen LogP contribution in [0.3, 0.4) is 0 Å². The van der Waals surface area contributed by atoms with Gasteiger partial charge in [-0.2, -0.15) is 0 Å². The van der Waals surface area contributed by atoms with Crippen LogP contribution in [0.1, 0.15) is 57.9 Å². The standard InChI is InChI=1S/C25H36N4O4/c1-16(2)12-18(15-27-25(32)33)23(30)29-22(24(31)28-19-8-4-3-5-9-19)13-17-14-26-21-11-7-6-10-20(17)21/h6-7,10-11,14,16,18-19,22,26-27H,3-5,8-9,12-13,15H2,1-2H3,(H,28,31)(H,29,30)(H,32,33)/t18?,22-/m0/s1. The molecule has 1 aliphatic rings. The topological polar surface area (TPSA) is 123 Å². The van der Waals surface area contributed by atoms with E-state index in [4.69, 9.17) is 5.11 Å². The number of amides is 3. The summed E-state index contributed by atoms with van der Waals surface area (Å²) in [6.07, 6.45) is 6.90. The van der Waals surface area contributed by atoms with E-state index in [2.05, 4.69) is 20.9 Å². The first kappa shape index (κ1) is 24.6. The Kier molecular flexibility index (Phi) is 8.74. The van der Waals surface area contributed by atoms with Gasteiger partial charge in [-0.05, 0) is 36.8 Å². The van der Waals surface area contributed by atoms with E-state index < -0.39 is 18.1 Å². The second kappa shape index (κ2) is 11.7. The third-order valence-electron chi connectivity index (χ3n) is 6.31. The number of nitrogens with one attached hydrogen (secondary N) is 4. The van der Waals surface area contributed by atoms with Crippen LogP contribution < -0.4 is 16.0 Å². The molecule has 2 aromatic rings. The largest absolute Gasteiger partial charge is 0.465 e. The smallest absolute Gasteiger partial charge is 0.404 e. The fourth-order valence-electron chi connectivity index (χ4n) is 4.63. The SMILES string of the molecule is CC(C)CC(CNC(=O)O)C(=O)N[C@@H](Cc1c[nH]c2ccccc12)C(=O)NC1CCCCC1. The van der Waals surface area contributed by atoms with Crippen LogP contribution in [0.4, 0.5) is 4.79 Å². The Balaban J connectivity index is 1.77. The number of hydrogen-bond acceptors (Lipinski definition) is 3. The summed E-state index contributed by atoms with van der Waals surface area (Å²) >= 11 is 0. The highest BCUT2D eigenvalue weighted by Crippen LogP contribution is 2.21. The second-order valence-electron chi connectivity index (χ2n) is 9.48. The van der Waals surface area contributed by atoms with Gasteiger partial charge in [0.05, 0.1) is 5.92 Å². The number of carbonyl (C=O) groups is 3. The van der Waals surface area contributed by atoms with Gasteiger partial charge >= 0.3 is 6.09 Å². The molecule has 1 heterocycles. The van der Waals surface area contributed by atoms with E-state index in [1.165, 1.54) is 6.42 Å². The van der Waals surface area contributed by atoms with E-state index in [1.54, 1.807) is 0 Å². The van der Waals surface area contributed by atoms with E-state index in [0.29, 0.717) is 12.8 Å². The van der Waals surface area contributed by atoms with Gasteiger partial charge in [-0.25, -0.2) is 4.79 Å². The Hall–Kier alpha value is -3.03. The van der Waals surface area contributed by atoms with Crippen molar-refractivity contribution in [2.24, 2.45) is 11.8 Å². The fourth-order valence-corrected chi connectivity index (χ4v) is 4.63. The van der Waals surface area contributed by atoms with Crippen molar-refractivity contribution in [1.82, 2.24) is 20.9 Å². The molecule has 8 nitrogen and oxygen atoms in total. The zero-order chi connectivity index (χ0) is 23.8. The minimum absolute atomic E-state index is 0.0173. The molecule has 0 spiro atoms. The number of para-hydroxylation sites is 1. The molecule has 3 rings (SSSR count). The first-order chi connectivity index (χ1) is 15.8. The van der Waals surface area contributed by atoms with Crippen molar-refractivity contribution in [3.05, 3.63) is 36.0 Å². The molecule has 180 valence electrons. The monoisotopic (exact) mass is 456 g/mol. The van der Waals surface area contributed by atoms with Crippen molar-refractivity contribution in [3.63, 3.8) is 0 Å². The quantitative estimate of drug-likeness (QED) is 0.375. The summed E-state index contributed by atoms with van der Waals surface area (Å²) in [5, 5.41) is 18.4. The third-order valence-corrected chi connectivity index (χ3v) is 6.31. The van der Waals surface area contributed by atoms with Gasteiger partial charge in [-0.1, -0.05) is 51.3 Å². The van der Waals surface area contributed by atoms with Crippen LogP contribution in [0, 0.1) is 11.8 Å². The van der Waals surface area contributed by atoms with Crippen molar-refractivity contribution in [2.75, 3.05) is 6.54 Å². The van der Waals surface area contributed by atoms with Crippen molar-refractivity contribution < 1.29 is 19.5 Å². The van der Waals surface area contributed by atoms with Crippen molar-refractivity contribution in [1.29, 1.82) is 0 Å². The van der Waals surface area contributed by atoms with Crippen molar-refractivity contribution in [2.45, 2.75) is 70.9 Å². The zero-order valence-corrected chi connectivity index (χ0v) is 19.5. The van der Waals surface area contributed by atoms with Crippen LogP contribution in [0.5, 0.6) is 0 Å². The maximum atomic E-state index is 13.3. The van der Waals surface area contributed by atoms with Crippen molar-refractivity contribution >= 4 is 28.8 Å². The molecule has 1 unspecified atom stereocenters. The Morgan fingerprint density at radius 2 is 1.82 bits per heavy atom. The van der Waals surface area contributed by atoms with Crippen LogP contribution in [0.25, 0.3) is 10.9 Å². The van der Waals surface area contributed by atoms with Gasteiger partial charge in [0.1, 0.15) is 6.04 Å². The molecule has 3 amide bonds. The van der Waals surface area contributed by atoms with E-state index >= 15 is 0 Å². The minimum Gasteiger partial charge on any atom is -0.465 e. The summed E-state index contributed by atoms with van der Waals surface area (Å²) in [4.78, 5) is 40.7. The highest BCUT2D eigenvalue weighted by molar-refractivity contribution is 5.90. The molecule has 33 heavy (non-hydrogen) atoms.